The minimum atomic E-state index is -0.382. The van der Waals surface area contributed by atoms with Gasteiger partial charge >= 0.3 is 0 Å². The minimum absolute atomic E-state index is 0.247. The van der Waals surface area contributed by atoms with E-state index in [1.54, 1.807) is 0 Å². The minimum Gasteiger partial charge on any atom is -0.388 e. The highest BCUT2D eigenvalue weighted by atomic mass is 16.3. The molecule has 3 rings (SSSR count). The molecule has 0 aromatic heterocycles. The lowest BCUT2D eigenvalue weighted by atomic mass is 9.75. The first kappa shape index (κ1) is 15.3. The van der Waals surface area contributed by atoms with Crippen LogP contribution in [0, 0.1) is 5.92 Å². The third kappa shape index (κ3) is 2.81. The molecule has 0 unspecified atom stereocenters. The van der Waals surface area contributed by atoms with Crippen molar-refractivity contribution in [1.82, 2.24) is 0 Å². The van der Waals surface area contributed by atoms with Crippen molar-refractivity contribution in [3.05, 3.63) is 71.3 Å². The highest BCUT2D eigenvalue weighted by Gasteiger charge is 2.41. The molecule has 1 N–H and O–H groups in total. The van der Waals surface area contributed by atoms with Crippen molar-refractivity contribution in [1.29, 1.82) is 0 Å². The number of hydrogen-bond acceptors (Lipinski definition) is 1. The lowest BCUT2D eigenvalue weighted by Gasteiger charge is -2.43. The van der Waals surface area contributed by atoms with Crippen molar-refractivity contribution in [2.24, 2.45) is 5.92 Å². The maximum Gasteiger partial charge on any atom is 0.120 e. The van der Waals surface area contributed by atoms with E-state index >= 15 is 0 Å². The first-order valence-electron chi connectivity index (χ1n) is 8.10. The first-order valence-corrected chi connectivity index (χ1v) is 8.10. The van der Waals surface area contributed by atoms with Gasteiger partial charge in [0.2, 0.25) is 0 Å². The summed E-state index contributed by atoms with van der Waals surface area (Å²) in [5, 5.41) is 11.0. The van der Waals surface area contributed by atoms with Gasteiger partial charge in [0.05, 0.1) is 27.2 Å². The molecular formula is C20H26NO+. The van der Waals surface area contributed by atoms with Crippen molar-refractivity contribution in [3.8, 4) is 0 Å². The van der Waals surface area contributed by atoms with Crippen LogP contribution in [0.5, 0.6) is 0 Å². The summed E-state index contributed by atoms with van der Waals surface area (Å²) in [7, 11) is 6.68. The summed E-state index contributed by atoms with van der Waals surface area (Å²) >= 11 is 0. The van der Waals surface area contributed by atoms with Crippen molar-refractivity contribution in [2.75, 3.05) is 21.1 Å². The predicted molar refractivity (Wildman–Crippen MR) is 90.4 cm³/mol. The number of aliphatic hydroxyl groups is 1. The summed E-state index contributed by atoms with van der Waals surface area (Å²) in [6, 6.07) is 19.3. The Kier molecular flexibility index (Phi) is 4.07. The van der Waals surface area contributed by atoms with E-state index in [4.69, 9.17) is 0 Å². The van der Waals surface area contributed by atoms with Crippen LogP contribution in [0.3, 0.4) is 0 Å². The van der Waals surface area contributed by atoms with Crippen LogP contribution in [0.25, 0.3) is 0 Å². The second kappa shape index (κ2) is 5.86. The molecule has 0 bridgehead atoms. The Morgan fingerprint density at radius 2 is 1.59 bits per heavy atom. The molecular weight excluding hydrogens is 270 g/mol. The molecule has 0 saturated heterocycles. The highest BCUT2D eigenvalue weighted by molar-refractivity contribution is 5.33. The summed E-state index contributed by atoms with van der Waals surface area (Å²) in [6.07, 6.45) is 1.71. The molecule has 2 aromatic carbocycles. The van der Waals surface area contributed by atoms with E-state index in [-0.39, 0.29) is 12.0 Å². The van der Waals surface area contributed by atoms with Gasteiger partial charge in [-0.1, -0.05) is 54.6 Å². The third-order valence-corrected chi connectivity index (χ3v) is 4.91. The number of fused-ring (bicyclic) bond motifs is 1. The zero-order chi connectivity index (χ0) is 15.7. The van der Waals surface area contributed by atoms with Gasteiger partial charge in [0.15, 0.2) is 0 Å². The summed E-state index contributed by atoms with van der Waals surface area (Å²) in [6.45, 7) is 0. The van der Waals surface area contributed by atoms with Crippen LogP contribution in [-0.4, -0.2) is 30.7 Å². The number of aliphatic hydroxyl groups excluding tert-OH is 1. The van der Waals surface area contributed by atoms with Gasteiger partial charge in [0, 0.05) is 11.5 Å². The molecule has 0 aliphatic heterocycles. The molecule has 0 amide bonds. The topological polar surface area (TPSA) is 20.2 Å². The standard InChI is InChI=1S/C20H26NO/c1-21(2,3)19(16-10-5-4-6-11-16)18-14-13-15-9-7-8-12-17(15)20(18)22/h4-12,18-20,22H,13-14H2,1-3H3/q+1/t18-,19-,20-/m0/s1. The Morgan fingerprint density at radius 3 is 2.27 bits per heavy atom. The molecule has 2 aromatic rings. The molecule has 0 radical (unpaired) electrons. The van der Waals surface area contributed by atoms with Crippen molar-refractivity contribution in [2.45, 2.75) is 25.0 Å². The van der Waals surface area contributed by atoms with Crippen LogP contribution < -0.4 is 0 Å². The second-order valence-electron chi connectivity index (χ2n) is 7.32. The largest absolute Gasteiger partial charge is 0.388 e. The highest BCUT2D eigenvalue weighted by Crippen LogP contribution is 2.44. The van der Waals surface area contributed by atoms with E-state index in [1.165, 1.54) is 11.1 Å². The molecule has 0 saturated carbocycles. The van der Waals surface area contributed by atoms with Crippen LogP contribution in [0.4, 0.5) is 0 Å². The summed E-state index contributed by atoms with van der Waals surface area (Å²) in [5.74, 6) is 0.247. The predicted octanol–water partition coefficient (Wildman–Crippen LogP) is 3.73. The Labute approximate surface area is 133 Å². The summed E-state index contributed by atoms with van der Waals surface area (Å²) < 4.78 is 0.827. The maximum absolute atomic E-state index is 11.0. The average Bonchev–Trinajstić information content (AvgIpc) is 2.50. The fraction of sp³-hybridized carbons (Fsp3) is 0.400. The van der Waals surface area contributed by atoms with Crippen LogP contribution in [-0.2, 0) is 6.42 Å². The van der Waals surface area contributed by atoms with E-state index in [0.29, 0.717) is 6.04 Å². The van der Waals surface area contributed by atoms with E-state index < -0.39 is 0 Å². The summed E-state index contributed by atoms with van der Waals surface area (Å²) in [5.41, 5.74) is 3.74. The Balaban J connectivity index is 2.00. The zero-order valence-corrected chi connectivity index (χ0v) is 13.7. The third-order valence-electron chi connectivity index (χ3n) is 4.91. The number of benzene rings is 2. The van der Waals surface area contributed by atoms with Gasteiger partial charge in [0.1, 0.15) is 6.04 Å². The SMILES string of the molecule is C[N+](C)(C)[C@@H](c1ccccc1)[C@@H]1CCc2ccccc2[C@@H]1O. The molecule has 116 valence electrons. The number of nitrogens with zero attached hydrogens (tertiary/aromatic N) is 1. The van der Waals surface area contributed by atoms with Gasteiger partial charge in [-0.15, -0.1) is 0 Å². The molecule has 22 heavy (non-hydrogen) atoms. The van der Waals surface area contributed by atoms with Crippen LogP contribution in [0.1, 0.15) is 35.3 Å². The number of quaternary nitrogens is 1. The van der Waals surface area contributed by atoms with Crippen molar-refractivity contribution >= 4 is 0 Å². The van der Waals surface area contributed by atoms with E-state index in [0.717, 1.165) is 22.9 Å². The second-order valence-corrected chi connectivity index (χ2v) is 7.32. The van der Waals surface area contributed by atoms with Crippen molar-refractivity contribution in [3.63, 3.8) is 0 Å². The number of rotatable bonds is 3. The molecule has 0 heterocycles. The molecule has 1 aliphatic rings. The molecule has 0 spiro atoms. The fourth-order valence-electron chi connectivity index (χ4n) is 4.01. The van der Waals surface area contributed by atoms with Gasteiger partial charge in [0.25, 0.3) is 0 Å². The smallest absolute Gasteiger partial charge is 0.120 e. The molecule has 2 heteroatoms. The van der Waals surface area contributed by atoms with E-state index in [1.807, 2.05) is 6.07 Å². The number of hydrogen-bond donors (Lipinski definition) is 1. The Morgan fingerprint density at radius 1 is 0.955 bits per heavy atom. The van der Waals surface area contributed by atoms with Crippen LogP contribution >= 0.6 is 0 Å². The number of aryl methyl sites for hydroxylation is 1. The van der Waals surface area contributed by atoms with Gasteiger partial charge in [-0.3, -0.25) is 0 Å². The maximum atomic E-state index is 11.0. The molecule has 1 aliphatic carbocycles. The van der Waals surface area contributed by atoms with Crippen molar-refractivity contribution < 1.29 is 9.59 Å². The van der Waals surface area contributed by atoms with Crippen LogP contribution in [0.2, 0.25) is 0 Å². The van der Waals surface area contributed by atoms with Gasteiger partial charge < -0.3 is 9.59 Å². The van der Waals surface area contributed by atoms with Crippen LogP contribution in [0.15, 0.2) is 54.6 Å². The van der Waals surface area contributed by atoms with Gasteiger partial charge in [-0.2, -0.15) is 0 Å². The average molecular weight is 296 g/mol. The molecule has 3 atom stereocenters. The monoisotopic (exact) mass is 296 g/mol. The normalized spacial score (nSPS) is 22.9. The quantitative estimate of drug-likeness (QED) is 0.856. The fourth-order valence-corrected chi connectivity index (χ4v) is 4.01. The van der Waals surface area contributed by atoms with Gasteiger partial charge in [-0.25, -0.2) is 0 Å². The molecule has 0 fully saturated rings. The van der Waals surface area contributed by atoms with E-state index in [9.17, 15) is 5.11 Å². The summed E-state index contributed by atoms with van der Waals surface area (Å²) in [4.78, 5) is 0. The first-order chi connectivity index (χ1) is 10.5. The van der Waals surface area contributed by atoms with E-state index in [2.05, 4.69) is 69.7 Å². The van der Waals surface area contributed by atoms with Gasteiger partial charge in [-0.05, 0) is 24.0 Å². The lowest BCUT2D eigenvalue weighted by molar-refractivity contribution is -0.907. The lowest BCUT2D eigenvalue weighted by Crippen LogP contribution is -2.45. The Hall–Kier alpha value is -1.64. The Bertz CT molecular complexity index is 630. The zero-order valence-electron chi connectivity index (χ0n) is 13.7. The molecule has 2 nitrogen and oxygen atoms in total.